The first-order valence-corrected chi connectivity index (χ1v) is 7.95. The summed E-state index contributed by atoms with van der Waals surface area (Å²) in [5.41, 5.74) is 5.89. The maximum absolute atomic E-state index is 11.8. The molecule has 1 fully saturated rings. The second-order valence-electron chi connectivity index (χ2n) is 5.67. The lowest BCUT2D eigenvalue weighted by Gasteiger charge is -2.15. The topological polar surface area (TPSA) is 106 Å². The average molecular weight is 345 g/mol. The standard InChI is InChI=1S/C17H19N3O5/c18-14-8-9-20(16(21)19-14)15-7-6-13(25-15)11-24-17(22)23-10-12-4-2-1-3-5-12/h1-5,8-9,13,15H,6-7,10-11H2,(H2,18,19,21)/t13-,15+/m0/s1. The summed E-state index contributed by atoms with van der Waals surface area (Å²) < 4.78 is 17.2. The number of hydrogen-bond donors (Lipinski definition) is 1. The summed E-state index contributed by atoms with van der Waals surface area (Å²) in [5.74, 6) is 0.167. The highest BCUT2D eigenvalue weighted by Crippen LogP contribution is 2.27. The smallest absolute Gasteiger partial charge is 0.432 e. The number of carbonyl (C=O) groups excluding carboxylic acids is 1. The Morgan fingerprint density at radius 2 is 2.04 bits per heavy atom. The van der Waals surface area contributed by atoms with Crippen LogP contribution in [0.2, 0.25) is 0 Å². The van der Waals surface area contributed by atoms with Crippen LogP contribution in [-0.4, -0.2) is 28.4 Å². The third-order valence-corrected chi connectivity index (χ3v) is 3.83. The van der Waals surface area contributed by atoms with Crippen molar-refractivity contribution in [2.24, 2.45) is 0 Å². The van der Waals surface area contributed by atoms with Crippen LogP contribution in [0.3, 0.4) is 0 Å². The molecular weight excluding hydrogens is 326 g/mol. The maximum atomic E-state index is 11.8. The van der Waals surface area contributed by atoms with Crippen molar-refractivity contribution in [3.8, 4) is 0 Å². The molecule has 132 valence electrons. The lowest BCUT2D eigenvalue weighted by Crippen LogP contribution is -2.28. The molecule has 2 atom stereocenters. The molecule has 0 unspecified atom stereocenters. The number of anilines is 1. The van der Waals surface area contributed by atoms with E-state index in [4.69, 9.17) is 19.9 Å². The van der Waals surface area contributed by atoms with Crippen LogP contribution in [-0.2, 0) is 20.8 Å². The van der Waals surface area contributed by atoms with E-state index >= 15 is 0 Å². The van der Waals surface area contributed by atoms with Gasteiger partial charge in [-0.2, -0.15) is 4.98 Å². The predicted octanol–water partition coefficient (Wildman–Crippen LogP) is 1.86. The normalized spacial score (nSPS) is 19.5. The summed E-state index contributed by atoms with van der Waals surface area (Å²) in [7, 11) is 0. The van der Waals surface area contributed by atoms with Gasteiger partial charge < -0.3 is 19.9 Å². The van der Waals surface area contributed by atoms with Crippen LogP contribution in [0.4, 0.5) is 10.6 Å². The number of nitrogens with two attached hydrogens (primary N) is 1. The Hall–Kier alpha value is -2.87. The van der Waals surface area contributed by atoms with Gasteiger partial charge in [0, 0.05) is 6.20 Å². The molecule has 2 N–H and O–H groups in total. The summed E-state index contributed by atoms with van der Waals surface area (Å²) >= 11 is 0. The SMILES string of the molecule is Nc1ccn([C@H]2CC[C@@H](COC(=O)OCc3ccccc3)O2)c(=O)n1. The van der Waals surface area contributed by atoms with Crippen LogP contribution in [0.5, 0.6) is 0 Å². The van der Waals surface area contributed by atoms with Crippen LogP contribution in [0.25, 0.3) is 0 Å². The molecule has 8 heteroatoms. The quantitative estimate of drug-likeness (QED) is 0.824. The zero-order chi connectivity index (χ0) is 17.6. The summed E-state index contributed by atoms with van der Waals surface area (Å²) in [6.45, 7) is 0.224. The second-order valence-corrected chi connectivity index (χ2v) is 5.67. The Balaban J connectivity index is 1.44. The van der Waals surface area contributed by atoms with Crippen LogP contribution in [0, 0.1) is 0 Å². The van der Waals surface area contributed by atoms with Gasteiger partial charge >= 0.3 is 11.8 Å². The molecule has 0 bridgehead atoms. The van der Waals surface area contributed by atoms with Crippen LogP contribution in [0.15, 0.2) is 47.4 Å². The summed E-state index contributed by atoms with van der Waals surface area (Å²) in [5, 5.41) is 0. The summed E-state index contributed by atoms with van der Waals surface area (Å²) in [6.07, 6.45) is 1.36. The van der Waals surface area contributed by atoms with E-state index in [0.29, 0.717) is 12.8 Å². The van der Waals surface area contributed by atoms with Crippen LogP contribution < -0.4 is 11.4 Å². The lowest BCUT2D eigenvalue weighted by atomic mass is 10.2. The lowest BCUT2D eigenvalue weighted by molar-refractivity contribution is -0.0408. The molecule has 0 aliphatic carbocycles. The Morgan fingerprint density at radius 3 is 2.80 bits per heavy atom. The molecule has 1 aliphatic rings. The van der Waals surface area contributed by atoms with E-state index in [-0.39, 0.29) is 25.1 Å². The molecule has 25 heavy (non-hydrogen) atoms. The van der Waals surface area contributed by atoms with Gasteiger partial charge in [0.05, 0.1) is 6.10 Å². The molecule has 0 saturated carbocycles. The van der Waals surface area contributed by atoms with Gasteiger partial charge in [-0.3, -0.25) is 4.57 Å². The Morgan fingerprint density at radius 1 is 1.24 bits per heavy atom. The molecule has 0 amide bonds. The number of nitrogens with zero attached hydrogens (tertiary/aromatic N) is 2. The average Bonchev–Trinajstić information content (AvgIpc) is 3.08. The van der Waals surface area contributed by atoms with E-state index in [1.165, 1.54) is 10.6 Å². The molecule has 1 aromatic heterocycles. The number of hydrogen-bond acceptors (Lipinski definition) is 7. The first kappa shape index (κ1) is 17.0. The maximum Gasteiger partial charge on any atom is 0.508 e. The molecular formula is C17H19N3O5. The van der Waals surface area contributed by atoms with Gasteiger partial charge in [0.25, 0.3) is 0 Å². The van der Waals surface area contributed by atoms with Gasteiger partial charge in [-0.15, -0.1) is 0 Å². The number of rotatable bonds is 5. The fourth-order valence-electron chi connectivity index (χ4n) is 2.58. The first-order chi connectivity index (χ1) is 12.1. The summed E-state index contributed by atoms with van der Waals surface area (Å²) in [6, 6.07) is 10.9. The minimum atomic E-state index is -0.748. The van der Waals surface area contributed by atoms with E-state index in [1.54, 1.807) is 6.20 Å². The Labute approximate surface area is 144 Å². The minimum absolute atomic E-state index is 0.0707. The van der Waals surface area contributed by atoms with Crippen molar-refractivity contribution in [2.75, 3.05) is 12.3 Å². The van der Waals surface area contributed by atoms with Crippen molar-refractivity contribution in [1.82, 2.24) is 9.55 Å². The first-order valence-electron chi connectivity index (χ1n) is 7.95. The van der Waals surface area contributed by atoms with Gasteiger partial charge in [0.15, 0.2) is 0 Å². The van der Waals surface area contributed by atoms with Gasteiger partial charge in [-0.05, 0) is 24.5 Å². The fourth-order valence-corrected chi connectivity index (χ4v) is 2.58. The zero-order valence-electron chi connectivity index (χ0n) is 13.5. The van der Waals surface area contributed by atoms with E-state index in [1.807, 2.05) is 30.3 Å². The largest absolute Gasteiger partial charge is 0.508 e. The molecule has 2 heterocycles. The predicted molar refractivity (Wildman–Crippen MR) is 88.6 cm³/mol. The van der Waals surface area contributed by atoms with Gasteiger partial charge in [0.1, 0.15) is 25.3 Å². The number of aromatic nitrogens is 2. The Bertz CT molecular complexity index is 777. The Kier molecular flexibility index (Phi) is 5.30. The molecule has 1 aliphatic heterocycles. The molecule has 0 radical (unpaired) electrons. The minimum Gasteiger partial charge on any atom is -0.432 e. The van der Waals surface area contributed by atoms with Crippen molar-refractivity contribution < 1.29 is 19.0 Å². The van der Waals surface area contributed by atoms with E-state index < -0.39 is 18.1 Å². The monoisotopic (exact) mass is 345 g/mol. The van der Waals surface area contributed by atoms with Gasteiger partial charge in [0.2, 0.25) is 0 Å². The fraction of sp³-hybridized carbons (Fsp3) is 0.353. The van der Waals surface area contributed by atoms with Crippen molar-refractivity contribution in [3.63, 3.8) is 0 Å². The van der Waals surface area contributed by atoms with E-state index in [0.717, 1.165) is 5.56 Å². The molecule has 8 nitrogen and oxygen atoms in total. The van der Waals surface area contributed by atoms with Crippen LogP contribution >= 0.6 is 0 Å². The van der Waals surface area contributed by atoms with Crippen molar-refractivity contribution in [1.29, 1.82) is 0 Å². The number of carbonyl (C=O) groups is 1. The zero-order valence-corrected chi connectivity index (χ0v) is 13.5. The molecule has 2 aromatic rings. The van der Waals surface area contributed by atoms with E-state index in [2.05, 4.69) is 4.98 Å². The highest BCUT2D eigenvalue weighted by molar-refractivity contribution is 5.59. The molecule has 0 spiro atoms. The molecule has 1 aromatic carbocycles. The molecule has 1 saturated heterocycles. The highest BCUT2D eigenvalue weighted by Gasteiger charge is 2.28. The number of ether oxygens (including phenoxy) is 3. The van der Waals surface area contributed by atoms with Gasteiger partial charge in [-0.25, -0.2) is 9.59 Å². The third-order valence-electron chi connectivity index (χ3n) is 3.83. The molecule has 3 rings (SSSR count). The van der Waals surface area contributed by atoms with E-state index in [9.17, 15) is 9.59 Å². The second kappa shape index (κ2) is 7.80. The third kappa shape index (κ3) is 4.57. The number of benzene rings is 1. The van der Waals surface area contributed by atoms with Crippen molar-refractivity contribution in [2.45, 2.75) is 31.8 Å². The number of nitrogen functional groups attached to an aromatic ring is 1. The van der Waals surface area contributed by atoms with Crippen molar-refractivity contribution >= 4 is 12.0 Å². The van der Waals surface area contributed by atoms with Gasteiger partial charge in [-0.1, -0.05) is 30.3 Å². The highest BCUT2D eigenvalue weighted by atomic mass is 16.7. The summed E-state index contributed by atoms with van der Waals surface area (Å²) in [4.78, 5) is 27.1. The van der Waals surface area contributed by atoms with Crippen LogP contribution in [0.1, 0.15) is 24.6 Å². The van der Waals surface area contributed by atoms with Crippen molar-refractivity contribution in [3.05, 3.63) is 58.6 Å².